The normalized spacial score (nSPS) is 19.4. The third kappa shape index (κ3) is 3.02. The molecule has 138 valence electrons. The molecule has 0 bridgehead atoms. The summed E-state index contributed by atoms with van der Waals surface area (Å²) in [5.74, 6) is 0. The first-order chi connectivity index (χ1) is 13.1. The van der Waals surface area contributed by atoms with Gasteiger partial charge in [0.2, 0.25) is 0 Å². The quantitative estimate of drug-likeness (QED) is 0.681. The maximum atomic E-state index is 5.65. The van der Waals surface area contributed by atoms with Crippen molar-refractivity contribution in [3.8, 4) is 5.69 Å². The Balaban J connectivity index is 1.84. The Morgan fingerprint density at radius 2 is 1.81 bits per heavy atom. The number of likely N-dealkylation sites (N-methyl/N-ethyl adjacent to an activating group) is 1. The lowest BCUT2D eigenvalue weighted by Crippen LogP contribution is -2.29. The molecule has 0 saturated carbocycles. The van der Waals surface area contributed by atoms with Crippen LogP contribution < -0.4 is 5.32 Å². The average molecular weight is 377 g/mol. The molecule has 2 aromatic heterocycles. The van der Waals surface area contributed by atoms with Gasteiger partial charge in [0.15, 0.2) is 5.11 Å². The minimum Gasteiger partial charge on any atom is -0.352 e. The van der Waals surface area contributed by atoms with Gasteiger partial charge in [0, 0.05) is 29.8 Å². The first-order valence-electron chi connectivity index (χ1n) is 9.34. The highest BCUT2D eigenvalue weighted by molar-refractivity contribution is 7.80. The van der Waals surface area contributed by atoms with Gasteiger partial charge in [-0.25, -0.2) is 0 Å². The lowest BCUT2D eigenvalue weighted by atomic mass is 9.97. The van der Waals surface area contributed by atoms with Crippen molar-refractivity contribution >= 4 is 17.3 Å². The van der Waals surface area contributed by atoms with Crippen molar-refractivity contribution in [3.05, 3.63) is 83.4 Å². The number of rotatable bonds is 4. The highest BCUT2D eigenvalue weighted by atomic mass is 32.1. The van der Waals surface area contributed by atoms with Gasteiger partial charge in [-0.15, -0.1) is 0 Å². The Labute approximate surface area is 165 Å². The Morgan fingerprint density at radius 1 is 1.07 bits per heavy atom. The number of benzene rings is 1. The van der Waals surface area contributed by atoms with Crippen LogP contribution in [-0.4, -0.2) is 26.1 Å². The Kier molecular flexibility index (Phi) is 4.70. The van der Waals surface area contributed by atoms with E-state index in [1.165, 1.54) is 22.6 Å². The maximum absolute atomic E-state index is 5.65. The van der Waals surface area contributed by atoms with Crippen LogP contribution in [0.4, 0.5) is 0 Å². The molecule has 1 fully saturated rings. The number of pyridine rings is 1. The van der Waals surface area contributed by atoms with Gasteiger partial charge in [-0.1, -0.05) is 24.3 Å². The lowest BCUT2D eigenvalue weighted by molar-refractivity contribution is 0.329. The molecule has 0 radical (unpaired) electrons. The van der Waals surface area contributed by atoms with Crippen LogP contribution in [0.3, 0.4) is 0 Å². The molecule has 5 heteroatoms. The van der Waals surface area contributed by atoms with Crippen molar-refractivity contribution in [1.29, 1.82) is 0 Å². The van der Waals surface area contributed by atoms with Crippen LogP contribution in [0.25, 0.3) is 5.69 Å². The summed E-state index contributed by atoms with van der Waals surface area (Å²) in [6.07, 6.45) is 1.85. The third-order valence-corrected chi connectivity index (χ3v) is 5.69. The van der Waals surface area contributed by atoms with Crippen molar-refractivity contribution in [2.45, 2.75) is 32.9 Å². The summed E-state index contributed by atoms with van der Waals surface area (Å²) in [6, 6.07) is 19.0. The second-order valence-corrected chi connectivity index (χ2v) is 7.30. The zero-order chi connectivity index (χ0) is 19.0. The van der Waals surface area contributed by atoms with Gasteiger partial charge in [-0.2, -0.15) is 0 Å². The van der Waals surface area contributed by atoms with Gasteiger partial charge in [0.1, 0.15) is 0 Å². The van der Waals surface area contributed by atoms with E-state index in [-0.39, 0.29) is 12.1 Å². The van der Waals surface area contributed by atoms with Crippen molar-refractivity contribution in [3.63, 3.8) is 0 Å². The second kappa shape index (κ2) is 7.16. The van der Waals surface area contributed by atoms with Crippen molar-refractivity contribution in [1.82, 2.24) is 19.8 Å². The Morgan fingerprint density at radius 3 is 2.48 bits per heavy atom. The minimum absolute atomic E-state index is 0.0448. The average Bonchev–Trinajstić information content (AvgIpc) is 3.18. The van der Waals surface area contributed by atoms with Gasteiger partial charge in [0.05, 0.1) is 17.8 Å². The van der Waals surface area contributed by atoms with E-state index in [2.05, 4.69) is 76.9 Å². The molecule has 1 aromatic carbocycles. The molecule has 1 saturated heterocycles. The van der Waals surface area contributed by atoms with E-state index < -0.39 is 0 Å². The van der Waals surface area contributed by atoms with E-state index in [1.807, 2.05) is 24.4 Å². The molecule has 0 unspecified atom stereocenters. The zero-order valence-corrected chi connectivity index (χ0v) is 16.7. The van der Waals surface area contributed by atoms with Crippen LogP contribution in [0.15, 0.2) is 60.8 Å². The summed E-state index contributed by atoms with van der Waals surface area (Å²) >= 11 is 5.65. The number of para-hydroxylation sites is 1. The number of nitrogens with one attached hydrogen (secondary N) is 1. The Hall–Kier alpha value is -2.66. The number of hydrogen-bond acceptors (Lipinski definition) is 2. The zero-order valence-electron chi connectivity index (χ0n) is 15.9. The van der Waals surface area contributed by atoms with Crippen LogP contribution in [0, 0.1) is 13.8 Å². The largest absolute Gasteiger partial charge is 0.352 e. The summed E-state index contributed by atoms with van der Waals surface area (Å²) < 4.78 is 2.32. The highest BCUT2D eigenvalue weighted by Gasteiger charge is 2.40. The fourth-order valence-corrected chi connectivity index (χ4v) is 4.52. The van der Waals surface area contributed by atoms with Crippen molar-refractivity contribution < 1.29 is 0 Å². The predicted molar refractivity (Wildman–Crippen MR) is 113 cm³/mol. The van der Waals surface area contributed by atoms with Gasteiger partial charge >= 0.3 is 0 Å². The second-order valence-electron chi connectivity index (χ2n) is 6.91. The third-order valence-electron chi connectivity index (χ3n) is 5.34. The molecule has 4 nitrogen and oxygen atoms in total. The van der Waals surface area contributed by atoms with Crippen molar-refractivity contribution in [2.24, 2.45) is 0 Å². The SMILES string of the molecule is CCN1C(=S)N[C@@H](c2ccccn2)[C@H]1c1cc(C)n(-c2ccccc2)c1C. The molecule has 4 rings (SSSR count). The van der Waals surface area contributed by atoms with E-state index in [1.54, 1.807) is 0 Å². The van der Waals surface area contributed by atoms with Crippen LogP contribution in [-0.2, 0) is 0 Å². The van der Waals surface area contributed by atoms with E-state index >= 15 is 0 Å². The van der Waals surface area contributed by atoms with Crippen LogP contribution in [0.1, 0.15) is 41.7 Å². The number of aryl methyl sites for hydroxylation is 1. The summed E-state index contributed by atoms with van der Waals surface area (Å²) in [5, 5.41) is 4.30. The molecule has 27 heavy (non-hydrogen) atoms. The summed E-state index contributed by atoms with van der Waals surface area (Å²) in [4.78, 5) is 6.87. The van der Waals surface area contributed by atoms with Gasteiger partial charge in [-0.05, 0) is 68.9 Å². The molecular formula is C22H24N4S. The summed E-state index contributed by atoms with van der Waals surface area (Å²) in [5.41, 5.74) is 5.97. The Bertz CT molecular complexity index is 949. The number of nitrogens with zero attached hydrogens (tertiary/aromatic N) is 3. The fraction of sp³-hybridized carbons (Fsp3) is 0.273. The maximum Gasteiger partial charge on any atom is 0.170 e. The molecule has 0 aliphatic carbocycles. The minimum atomic E-state index is 0.0448. The number of hydrogen-bond donors (Lipinski definition) is 1. The molecule has 2 atom stereocenters. The molecule has 3 aromatic rings. The monoisotopic (exact) mass is 376 g/mol. The molecule has 0 spiro atoms. The number of thiocarbonyl (C=S) groups is 1. The van der Waals surface area contributed by atoms with Gasteiger partial charge in [0.25, 0.3) is 0 Å². The first-order valence-corrected chi connectivity index (χ1v) is 9.75. The standard InChI is InChI=1S/C22H24N4S/c1-4-25-21(20(24-22(25)27)19-12-8-9-13-23-19)18-14-15(2)26(16(18)3)17-10-6-5-7-11-17/h5-14,20-21H,4H2,1-3H3,(H,24,27)/t20-,21+/m0/s1. The fourth-order valence-electron chi connectivity index (χ4n) is 4.15. The first kappa shape index (κ1) is 17.7. The number of aromatic nitrogens is 2. The topological polar surface area (TPSA) is 33.1 Å². The van der Waals surface area contributed by atoms with Gasteiger partial charge in [-0.3, -0.25) is 4.98 Å². The van der Waals surface area contributed by atoms with Crippen LogP contribution in [0.5, 0.6) is 0 Å². The highest BCUT2D eigenvalue weighted by Crippen LogP contribution is 2.41. The molecule has 1 aliphatic rings. The van der Waals surface area contributed by atoms with Gasteiger partial charge < -0.3 is 14.8 Å². The molecule has 0 amide bonds. The molecule has 1 N–H and O–H groups in total. The van der Waals surface area contributed by atoms with E-state index in [9.17, 15) is 0 Å². The predicted octanol–water partition coefficient (Wildman–Crippen LogP) is 4.48. The summed E-state index contributed by atoms with van der Waals surface area (Å²) in [6.45, 7) is 7.36. The lowest BCUT2D eigenvalue weighted by Gasteiger charge is -2.27. The molecular weight excluding hydrogens is 352 g/mol. The van der Waals surface area contributed by atoms with E-state index in [0.29, 0.717) is 0 Å². The van der Waals surface area contributed by atoms with E-state index in [4.69, 9.17) is 12.2 Å². The smallest absolute Gasteiger partial charge is 0.170 e. The molecule has 1 aliphatic heterocycles. The van der Waals surface area contributed by atoms with Crippen LogP contribution >= 0.6 is 12.2 Å². The van der Waals surface area contributed by atoms with E-state index in [0.717, 1.165) is 17.4 Å². The van der Waals surface area contributed by atoms with Crippen LogP contribution in [0.2, 0.25) is 0 Å². The summed E-state index contributed by atoms with van der Waals surface area (Å²) in [7, 11) is 0. The molecule has 3 heterocycles. The van der Waals surface area contributed by atoms with Crippen molar-refractivity contribution in [2.75, 3.05) is 6.54 Å².